The zero-order valence-electron chi connectivity index (χ0n) is 12.1. The lowest BCUT2D eigenvalue weighted by Crippen LogP contribution is -2.40. The van der Waals surface area contributed by atoms with E-state index in [2.05, 4.69) is 0 Å². The van der Waals surface area contributed by atoms with Crippen molar-refractivity contribution >= 4 is 11.9 Å². The minimum absolute atomic E-state index is 0.177. The van der Waals surface area contributed by atoms with Gasteiger partial charge >= 0.3 is 5.97 Å². The van der Waals surface area contributed by atoms with E-state index >= 15 is 0 Å². The summed E-state index contributed by atoms with van der Waals surface area (Å²) < 4.78 is 1.90. The Morgan fingerprint density at radius 1 is 1.19 bits per heavy atom. The second kappa shape index (κ2) is 6.26. The Kier molecular flexibility index (Phi) is 4.42. The highest BCUT2D eigenvalue weighted by Gasteiger charge is 2.21. The van der Waals surface area contributed by atoms with Crippen LogP contribution in [-0.4, -0.2) is 39.0 Å². The van der Waals surface area contributed by atoms with E-state index < -0.39 is 5.97 Å². The van der Waals surface area contributed by atoms with Gasteiger partial charge in [-0.05, 0) is 44.2 Å². The van der Waals surface area contributed by atoms with Crippen molar-refractivity contribution in [3.63, 3.8) is 0 Å². The first kappa shape index (κ1) is 14.8. The second-order valence-corrected chi connectivity index (χ2v) is 5.06. The van der Waals surface area contributed by atoms with Crippen LogP contribution in [0.4, 0.5) is 0 Å². The lowest BCUT2D eigenvalue weighted by Gasteiger charge is -2.25. The molecule has 1 aromatic carbocycles. The fraction of sp³-hybridized carbons (Fsp3) is 0.250. The smallest absolute Gasteiger partial charge is 0.323 e. The highest BCUT2D eigenvalue weighted by molar-refractivity contribution is 5.96. The average molecular weight is 286 g/mol. The Morgan fingerprint density at radius 2 is 1.86 bits per heavy atom. The number of carboxylic acid groups (broad SMARTS) is 1. The van der Waals surface area contributed by atoms with Gasteiger partial charge in [-0.1, -0.05) is 6.07 Å². The number of rotatable bonds is 5. The number of aliphatic carboxylic acids is 1. The molecule has 0 bridgehead atoms. The molecular formula is C16H18N2O3. The summed E-state index contributed by atoms with van der Waals surface area (Å²) in [6.45, 7) is 3.30. The summed E-state index contributed by atoms with van der Waals surface area (Å²) in [5.74, 6) is -1.29. The number of hydrogen-bond donors (Lipinski definition) is 1. The minimum atomic E-state index is -1.02. The Bertz CT molecular complexity index is 633. The molecule has 21 heavy (non-hydrogen) atoms. The molecule has 0 aliphatic carbocycles. The summed E-state index contributed by atoms with van der Waals surface area (Å²) in [4.78, 5) is 24.7. The van der Waals surface area contributed by atoms with Crippen molar-refractivity contribution in [1.29, 1.82) is 0 Å². The standard InChI is InChI=1S/C16H18N2O3/c1-12(2)18(11-15(19)20)16(21)13-6-5-7-14(10-13)17-8-3-4-9-17/h3-10,12H,11H2,1-2H3,(H,19,20). The van der Waals surface area contributed by atoms with Gasteiger partial charge in [-0.25, -0.2) is 0 Å². The number of carbonyl (C=O) groups is 2. The van der Waals surface area contributed by atoms with Crippen molar-refractivity contribution in [1.82, 2.24) is 9.47 Å². The average Bonchev–Trinajstić information content (AvgIpc) is 2.98. The minimum Gasteiger partial charge on any atom is -0.480 e. The molecule has 0 saturated carbocycles. The van der Waals surface area contributed by atoms with Crippen LogP contribution in [0, 0.1) is 0 Å². The number of hydrogen-bond acceptors (Lipinski definition) is 2. The molecule has 0 fully saturated rings. The maximum absolute atomic E-state index is 12.5. The first-order valence-electron chi connectivity index (χ1n) is 6.75. The van der Waals surface area contributed by atoms with E-state index in [9.17, 15) is 9.59 Å². The maximum atomic E-state index is 12.5. The monoisotopic (exact) mass is 286 g/mol. The van der Waals surface area contributed by atoms with E-state index in [4.69, 9.17) is 5.11 Å². The van der Waals surface area contributed by atoms with Gasteiger partial charge in [0.1, 0.15) is 6.54 Å². The van der Waals surface area contributed by atoms with Crippen LogP contribution in [0.1, 0.15) is 24.2 Å². The van der Waals surface area contributed by atoms with Crippen LogP contribution in [0.5, 0.6) is 0 Å². The predicted molar refractivity (Wildman–Crippen MR) is 79.6 cm³/mol. The summed E-state index contributed by atoms with van der Waals surface area (Å²) in [7, 11) is 0. The molecule has 0 aliphatic rings. The van der Waals surface area contributed by atoms with Crippen LogP contribution in [0.2, 0.25) is 0 Å². The zero-order valence-corrected chi connectivity index (χ0v) is 12.1. The summed E-state index contributed by atoms with van der Waals surface area (Å²) >= 11 is 0. The lowest BCUT2D eigenvalue weighted by atomic mass is 10.1. The lowest BCUT2D eigenvalue weighted by molar-refractivity contribution is -0.138. The molecule has 110 valence electrons. The summed E-state index contributed by atoms with van der Waals surface area (Å²) in [5.41, 5.74) is 1.35. The van der Waals surface area contributed by atoms with Gasteiger partial charge in [0.25, 0.3) is 5.91 Å². The molecule has 1 heterocycles. The fourth-order valence-corrected chi connectivity index (χ4v) is 2.11. The molecule has 0 radical (unpaired) electrons. The van der Waals surface area contributed by atoms with Crippen LogP contribution in [-0.2, 0) is 4.79 Å². The fourth-order valence-electron chi connectivity index (χ4n) is 2.11. The van der Waals surface area contributed by atoms with E-state index in [-0.39, 0.29) is 18.5 Å². The van der Waals surface area contributed by atoms with E-state index in [1.807, 2.05) is 35.2 Å². The topological polar surface area (TPSA) is 62.5 Å². The van der Waals surface area contributed by atoms with E-state index in [0.717, 1.165) is 5.69 Å². The van der Waals surface area contributed by atoms with Crippen LogP contribution in [0.15, 0.2) is 48.8 Å². The molecule has 2 aromatic rings. The van der Waals surface area contributed by atoms with Gasteiger partial charge in [0.15, 0.2) is 0 Å². The van der Waals surface area contributed by atoms with Gasteiger partial charge in [-0.2, -0.15) is 0 Å². The Labute approximate surface area is 123 Å². The van der Waals surface area contributed by atoms with E-state index in [1.54, 1.807) is 32.0 Å². The van der Waals surface area contributed by atoms with Gasteiger partial charge in [0.2, 0.25) is 0 Å². The summed E-state index contributed by atoms with van der Waals surface area (Å²) in [5, 5.41) is 8.94. The highest BCUT2D eigenvalue weighted by Crippen LogP contribution is 2.14. The quantitative estimate of drug-likeness (QED) is 0.918. The van der Waals surface area contributed by atoms with Crippen LogP contribution in [0.3, 0.4) is 0 Å². The van der Waals surface area contributed by atoms with Crippen LogP contribution < -0.4 is 0 Å². The van der Waals surface area contributed by atoms with Gasteiger partial charge in [0.05, 0.1) is 0 Å². The molecule has 0 aliphatic heterocycles. The van der Waals surface area contributed by atoms with Gasteiger partial charge in [-0.15, -0.1) is 0 Å². The molecule has 5 heteroatoms. The maximum Gasteiger partial charge on any atom is 0.323 e. The zero-order chi connectivity index (χ0) is 15.4. The number of aromatic nitrogens is 1. The predicted octanol–water partition coefficient (Wildman–Crippen LogP) is 2.41. The second-order valence-electron chi connectivity index (χ2n) is 5.06. The molecule has 0 unspecified atom stereocenters. The number of amides is 1. The molecule has 1 aromatic heterocycles. The van der Waals surface area contributed by atoms with Crippen LogP contribution >= 0.6 is 0 Å². The Hall–Kier alpha value is -2.56. The van der Waals surface area contributed by atoms with Crippen molar-refractivity contribution in [2.75, 3.05) is 6.54 Å². The molecule has 0 saturated heterocycles. The Balaban J connectivity index is 2.30. The third-order valence-corrected chi connectivity index (χ3v) is 3.19. The van der Waals surface area contributed by atoms with Gasteiger partial charge in [0, 0.05) is 29.7 Å². The molecule has 1 N–H and O–H groups in total. The Morgan fingerprint density at radius 3 is 2.43 bits per heavy atom. The number of nitrogens with zero attached hydrogens (tertiary/aromatic N) is 2. The van der Waals surface area contributed by atoms with Gasteiger partial charge < -0.3 is 14.6 Å². The van der Waals surface area contributed by atoms with Crippen molar-refractivity contribution in [2.45, 2.75) is 19.9 Å². The van der Waals surface area contributed by atoms with Gasteiger partial charge in [-0.3, -0.25) is 9.59 Å². The third-order valence-electron chi connectivity index (χ3n) is 3.19. The molecule has 1 amide bonds. The summed E-state index contributed by atoms with van der Waals surface area (Å²) in [6, 6.07) is 10.8. The number of benzene rings is 1. The molecular weight excluding hydrogens is 268 g/mol. The SMILES string of the molecule is CC(C)N(CC(=O)O)C(=O)c1cccc(-n2cccc2)c1. The van der Waals surface area contributed by atoms with E-state index in [1.165, 1.54) is 4.90 Å². The van der Waals surface area contributed by atoms with Crippen molar-refractivity contribution < 1.29 is 14.7 Å². The van der Waals surface area contributed by atoms with E-state index in [0.29, 0.717) is 5.56 Å². The largest absolute Gasteiger partial charge is 0.480 e. The first-order chi connectivity index (χ1) is 9.99. The molecule has 5 nitrogen and oxygen atoms in total. The van der Waals surface area contributed by atoms with Crippen molar-refractivity contribution in [3.05, 3.63) is 54.4 Å². The molecule has 0 atom stereocenters. The normalized spacial score (nSPS) is 10.6. The summed E-state index contributed by atoms with van der Waals surface area (Å²) in [6.07, 6.45) is 3.78. The highest BCUT2D eigenvalue weighted by atomic mass is 16.4. The first-order valence-corrected chi connectivity index (χ1v) is 6.75. The number of carboxylic acids is 1. The van der Waals surface area contributed by atoms with Crippen molar-refractivity contribution in [3.8, 4) is 5.69 Å². The molecule has 0 spiro atoms. The number of carbonyl (C=O) groups excluding carboxylic acids is 1. The van der Waals surface area contributed by atoms with Crippen LogP contribution in [0.25, 0.3) is 5.69 Å². The molecule has 2 rings (SSSR count). The van der Waals surface area contributed by atoms with Crippen molar-refractivity contribution in [2.24, 2.45) is 0 Å². The third kappa shape index (κ3) is 3.51.